The maximum Gasteiger partial charge on any atom is 0.251 e. The van der Waals surface area contributed by atoms with Crippen LogP contribution in [0.2, 0.25) is 0 Å². The van der Waals surface area contributed by atoms with Gasteiger partial charge in [-0.3, -0.25) is 4.79 Å². The zero-order chi connectivity index (χ0) is 14.8. The van der Waals surface area contributed by atoms with Gasteiger partial charge in [-0.15, -0.1) is 0 Å². The van der Waals surface area contributed by atoms with E-state index in [4.69, 9.17) is 0 Å². The van der Waals surface area contributed by atoms with Gasteiger partial charge in [0.15, 0.2) is 9.84 Å². The minimum atomic E-state index is -3.25. The summed E-state index contributed by atoms with van der Waals surface area (Å²) in [6, 6.07) is 5.59. The van der Waals surface area contributed by atoms with Crippen molar-refractivity contribution in [2.75, 3.05) is 6.26 Å². The molecule has 1 fully saturated rings. The van der Waals surface area contributed by atoms with E-state index >= 15 is 0 Å². The second-order valence-corrected chi connectivity index (χ2v) is 7.24. The molecule has 0 aromatic heterocycles. The molecule has 110 valence electrons. The predicted octanol–water partition coefficient (Wildman–Crippen LogP) is 1.12. The molecule has 1 aliphatic rings. The molecule has 1 saturated carbocycles. The Hall–Kier alpha value is -1.40. The molecule has 0 spiro atoms. The number of nitrogens with one attached hydrogen (secondary N) is 1. The molecule has 0 aliphatic heterocycles. The lowest BCUT2D eigenvalue weighted by atomic mass is 9.92. The van der Waals surface area contributed by atoms with Crippen LogP contribution < -0.4 is 5.32 Å². The number of sulfone groups is 1. The number of hydrogen-bond donors (Lipinski definition) is 2. The minimum absolute atomic E-state index is 0.187. The van der Waals surface area contributed by atoms with Crippen LogP contribution in [0.3, 0.4) is 0 Å². The molecule has 5 nitrogen and oxygen atoms in total. The number of rotatable bonds is 3. The standard InChI is InChI=1S/C14H19NO4S/c1-20(18,19)11-8-6-10(7-9-11)14(17)15-12-4-2-3-5-13(12)16/h6-9,12-13,16H,2-5H2,1H3,(H,15,17). The summed E-state index contributed by atoms with van der Waals surface area (Å²) >= 11 is 0. The molecule has 1 aromatic carbocycles. The van der Waals surface area contributed by atoms with Gasteiger partial charge in [-0.05, 0) is 37.1 Å². The molecular weight excluding hydrogens is 278 g/mol. The lowest BCUT2D eigenvalue weighted by Gasteiger charge is -2.28. The van der Waals surface area contributed by atoms with E-state index in [9.17, 15) is 18.3 Å². The van der Waals surface area contributed by atoms with Gasteiger partial charge in [-0.1, -0.05) is 12.8 Å². The van der Waals surface area contributed by atoms with Crippen molar-refractivity contribution in [3.05, 3.63) is 29.8 Å². The van der Waals surface area contributed by atoms with E-state index in [1.807, 2.05) is 0 Å². The first-order chi connectivity index (χ1) is 9.38. The van der Waals surface area contributed by atoms with Crippen LogP contribution in [0.15, 0.2) is 29.2 Å². The molecule has 6 heteroatoms. The monoisotopic (exact) mass is 297 g/mol. The van der Waals surface area contributed by atoms with Crippen LogP contribution in [0.4, 0.5) is 0 Å². The fraction of sp³-hybridized carbons (Fsp3) is 0.500. The highest BCUT2D eigenvalue weighted by Crippen LogP contribution is 2.19. The van der Waals surface area contributed by atoms with E-state index in [1.54, 1.807) is 0 Å². The quantitative estimate of drug-likeness (QED) is 0.876. The highest BCUT2D eigenvalue weighted by molar-refractivity contribution is 7.90. The number of amides is 1. The maximum absolute atomic E-state index is 12.0. The molecule has 2 rings (SSSR count). The molecule has 1 aliphatic carbocycles. The van der Waals surface area contributed by atoms with Gasteiger partial charge in [0.2, 0.25) is 0 Å². The molecule has 1 amide bonds. The first kappa shape index (κ1) is 15.0. The summed E-state index contributed by atoms with van der Waals surface area (Å²) in [6.45, 7) is 0. The summed E-state index contributed by atoms with van der Waals surface area (Å²) in [6.07, 6.45) is 4.08. The van der Waals surface area contributed by atoms with E-state index < -0.39 is 15.9 Å². The maximum atomic E-state index is 12.0. The fourth-order valence-corrected chi connectivity index (χ4v) is 3.02. The van der Waals surface area contributed by atoms with Gasteiger partial charge >= 0.3 is 0 Å². The SMILES string of the molecule is CS(=O)(=O)c1ccc(C(=O)NC2CCCCC2O)cc1. The third-order valence-corrected chi connectivity index (χ3v) is 4.72. The Kier molecular flexibility index (Phi) is 4.45. The number of aliphatic hydroxyl groups is 1. The zero-order valence-corrected chi connectivity index (χ0v) is 12.2. The Balaban J connectivity index is 2.06. The molecule has 2 atom stereocenters. The zero-order valence-electron chi connectivity index (χ0n) is 11.4. The highest BCUT2D eigenvalue weighted by atomic mass is 32.2. The molecule has 0 radical (unpaired) electrons. The van der Waals surface area contributed by atoms with Crippen molar-refractivity contribution in [3.63, 3.8) is 0 Å². The second-order valence-electron chi connectivity index (χ2n) is 5.23. The van der Waals surface area contributed by atoms with Crippen LogP contribution >= 0.6 is 0 Å². The van der Waals surface area contributed by atoms with E-state index in [0.717, 1.165) is 25.5 Å². The lowest BCUT2D eigenvalue weighted by molar-refractivity contribution is 0.0717. The third kappa shape index (κ3) is 3.58. The molecule has 0 saturated heterocycles. The van der Waals surface area contributed by atoms with Gasteiger partial charge in [-0.2, -0.15) is 0 Å². The van der Waals surface area contributed by atoms with Gasteiger partial charge in [0.25, 0.3) is 5.91 Å². The van der Waals surface area contributed by atoms with Gasteiger partial charge in [0.05, 0.1) is 17.0 Å². The van der Waals surface area contributed by atoms with Crippen molar-refractivity contribution in [2.24, 2.45) is 0 Å². The number of aliphatic hydroxyl groups excluding tert-OH is 1. The van der Waals surface area contributed by atoms with Gasteiger partial charge in [0, 0.05) is 11.8 Å². The summed E-state index contributed by atoms with van der Waals surface area (Å²) in [5, 5.41) is 12.6. The molecule has 1 aromatic rings. The van der Waals surface area contributed by atoms with Crippen LogP contribution in [0.1, 0.15) is 36.0 Å². The van der Waals surface area contributed by atoms with E-state index in [2.05, 4.69) is 5.32 Å². The van der Waals surface area contributed by atoms with Crippen molar-refractivity contribution < 1.29 is 18.3 Å². The van der Waals surface area contributed by atoms with E-state index in [0.29, 0.717) is 12.0 Å². The predicted molar refractivity (Wildman–Crippen MR) is 75.3 cm³/mol. The number of carbonyl (C=O) groups excluding carboxylic acids is 1. The van der Waals surface area contributed by atoms with E-state index in [1.165, 1.54) is 24.3 Å². The largest absolute Gasteiger partial charge is 0.391 e. The Bertz CT molecular complexity index is 580. The Morgan fingerprint density at radius 1 is 1.20 bits per heavy atom. The Morgan fingerprint density at radius 3 is 2.35 bits per heavy atom. The number of hydrogen-bond acceptors (Lipinski definition) is 4. The molecule has 0 bridgehead atoms. The first-order valence-electron chi connectivity index (χ1n) is 6.67. The van der Waals surface area contributed by atoms with Crippen molar-refractivity contribution >= 4 is 15.7 Å². The normalized spacial score (nSPS) is 23.3. The van der Waals surface area contributed by atoms with Crippen LogP contribution in [0, 0.1) is 0 Å². The lowest BCUT2D eigenvalue weighted by Crippen LogP contribution is -2.45. The average molecular weight is 297 g/mol. The summed E-state index contributed by atoms with van der Waals surface area (Å²) < 4.78 is 22.7. The average Bonchev–Trinajstić information content (AvgIpc) is 2.40. The molecular formula is C14H19NO4S. The van der Waals surface area contributed by atoms with Crippen molar-refractivity contribution in [1.29, 1.82) is 0 Å². The third-order valence-electron chi connectivity index (χ3n) is 3.59. The van der Waals surface area contributed by atoms with Crippen molar-refractivity contribution in [1.82, 2.24) is 5.32 Å². The van der Waals surface area contributed by atoms with Gasteiger partial charge in [-0.25, -0.2) is 8.42 Å². The van der Waals surface area contributed by atoms with Gasteiger partial charge < -0.3 is 10.4 Å². The van der Waals surface area contributed by atoms with Crippen molar-refractivity contribution in [2.45, 2.75) is 42.7 Å². The number of benzene rings is 1. The fourth-order valence-electron chi connectivity index (χ4n) is 2.38. The molecule has 0 heterocycles. The molecule has 20 heavy (non-hydrogen) atoms. The number of carbonyl (C=O) groups is 1. The summed E-state index contributed by atoms with van der Waals surface area (Å²) in [7, 11) is -3.25. The van der Waals surface area contributed by atoms with Crippen LogP contribution in [-0.4, -0.2) is 37.8 Å². The smallest absolute Gasteiger partial charge is 0.251 e. The van der Waals surface area contributed by atoms with Crippen molar-refractivity contribution in [3.8, 4) is 0 Å². The molecule has 2 unspecified atom stereocenters. The van der Waals surface area contributed by atoms with Gasteiger partial charge in [0.1, 0.15) is 0 Å². The minimum Gasteiger partial charge on any atom is -0.391 e. The summed E-state index contributed by atoms with van der Waals surface area (Å²) in [5.41, 5.74) is 0.398. The van der Waals surface area contributed by atoms with Crippen LogP contribution in [0.25, 0.3) is 0 Å². The summed E-state index contributed by atoms with van der Waals surface area (Å²) in [4.78, 5) is 12.2. The van der Waals surface area contributed by atoms with Crippen LogP contribution in [0.5, 0.6) is 0 Å². The van der Waals surface area contributed by atoms with Crippen LogP contribution in [-0.2, 0) is 9.84 Å². The second kappa shape index (κ2) is 5.93. The topological polar surface area (TPSA) is 83.5 Å². The molecule has 2 N–H and O–H groups in total. The highest BCUT2D eigenvalue weighted by Gasteiger charge is 2.24. The Morgan fingerprint density at radius 2 is 1.80 bits per heavy atom. The van der Waals surface area contributed by atoms with E-state index in [-0.39, 0.29) is 16.8 Å². The summed E-state index contributed by atoms with van der Waals surface area (Å²) in [5.74, 6) is -0.281. The Labute approximate surface area is 118 Å². The first-order valence-corrected chi connectivity index (χ1v) is 8.56.